The van der Waals surface area contributed by atoms with Crippen LogP contribution in [0.1, 0.15) is 22.8 Å². The lowest BCUT2D eigenvalue weighted by molar-refractivity contribution is -0.0748. The summed E-state index contributed by atoms with van der Waals surface area (Å²) in [5, 5.41) is 12.0. The molecule has 1 unspecified atom stereocenters. The quantitative estimate of drug-likeness (QED) is 0.317. The maximum absolute atomic E-state index is 14.4. The fourth-order valence-corrected chi connectivity index (χ4v) is 3.04. The number of aryl methyl sites for hydroxylation is 1. The third-order valence-corrected chi connectivity index (χ3v) is 4.56. The summed E-state index contributed by atoms with van der Waals surface area (Å²) in [5.74, 6) is -3.02. The Bertz CT molecular complexity index is 821. The van der Waals surface area contributed by atoms with Crippen LogP contribution < -0.4 is 5.32 Å². The molecule has 0 aromatic heterocycles. The largest absolute Gasteiger partial charge is 0.391 e. The van der Waals surface area contributed by atoms with E-state index < -0.39 is 23.6 Å². The van der Waals surface area contributed by atoms with Crippen molar-refractivity contribution >= 4 is 56.0 Å². The molecule has 9 heteroatoms. The first kappa shape index (κ1) is 21.0. The van der Waals surface area contributed by atoms with Crippen LogP contribution in [-0.2, 0) is 4.84 Å². The van der Waals surface area contributed by atoms with E-state index in [2.05, 4.69) is 44.1 Å². The second kappa shape index (κ2) is 9.07. The highest BCUT2D eigenvalue weighted by molar-refractivity contribution is 14.1. The maximum atomic E-state index is 14.4. The number of aliphatic hydroxyl groups is 1. The molecule has 0 saturated carbocycles. The van der Waals surface area contributed by atoms with Crippen molar-refractivity contribution in [3.05, 3.63) is 56.7 Å². The van der Waals surface area contributed by atoms with Gasteiger partial charge in [-0.25, -0.2) is 8.78 Å². The van der Waals surface area contributed by atoms with Gasteiger partial charge in [-0.1, -0.05) is 0 Å². The van der Waals surface area contributed by atoms with E-state index in [1.807, 2.05) is 13.0 Å². The number of halogens is 4. The van der Waals surface area contributed by atoms with Crippen LogP contribution in [-0.4, -0.2) is 27.8 Å². The highest BCUT2D eigenvalue weighted by atomic mass is 127. The van der Waals surface area contributed by atoms with E-state index >= 15 is 0 Å². The van der Waals surface area contributed by atoms with Crippen LogP contribution in [0.2, 0.25) is 0 Å². The predicted octanol–water partition coefficient (Wildman–Crippen LogP) is 4.69. The molecule has 140 valence electrons. The zero-order valence-corrected chi connectivity index (χ0v) is 17.6. The first-order valence-electron chi connectivity index (χ1n) is 7.53. The Morgan fingerprint density at radius 2 is 2.08 bits per heavy atom. The SMILES string of the molecule is Cc1cc(I)ccc1Nc1c(C(=O)N(Br)OCC(C)O)ccc(F)c1F. The normalized spacial score (nSPS) is 12.0. The van der Waals surface area contributed by atoms with Gasteiger partial charge in [0.25, 0.3) is 5.91 Å². The topological polar surface area (TPSA) is 61.8 Å². The lowest BCUT2D eigenvalue weighted by atomic mass is 10.1. The Kier molecular flexibility index (Phi) is 7.33. The van der Waals surface area contributed by atoms with Gasteiger partial charge in [-0.15, -0.1) is 4.09 Å². The van der Waals surface area contributed by atoms with Crippen molar-refractivity contribution < 1.29 is 23.5 Å². The zero-order chi connectivity index (χ0) is 19.4. The standard InChI is InChI=1S/C17H16BrF2IN2O3/c1-9-7-11(21)3-6-14(9)22-16-12(4-5-13(19)15(16)20)17(25)23(18)26-8-10(2)24/h3-7,10,22,24H,8H2,1-2H3. The third-order valence-electron chi connectivity index (χ3n) is 3.36. The Morgan fingerprint density at radius 1 is 1.38 bits per heavy atom. The molecule has 0 bridgehead atoms. The van der Waals surface area contributed by atoms with Gasteiger partial charge in [0.15, 0.2) is 11.6 Å². The summed E-state index contributed by atoms with van der Waals surface area (Å²) >= 11 is 5.04. The number of rotatable bonds is 6. The van der Waals surface area contributed by atoms with Gasteiger partial charge in [0, 0.05) is 9.26 Å². The van der Waals surface area contributed by atoms with E-state index in [1.165, 1.54) is 6.92 Å². The van der Waals surface area contributed by atoms with Crippen LogP contribution in [0.3, 0.4) is 0 Å². The Morgan fingerprint density at radius 3 is 2.69 bits per heavy atom. The number of hydrogen-bond donors (Lipinski definition) is 2. The van der Waals surface area contributed by atoms with Crippen LogP contribution in [0.15, 0.2) is 30.3 Å². The van der Waals surface area contributed by atoms with Gasteiger partial charge in [-0.2, -0.15) is 0 Å². The lowest BCUT2D eigenvalue weighted by Crippen LogP contribution is -2.26. The zero-order valence-electron chi connectivity index (χ0n) is 13.9. The van der Waals surface area contributed by atoms with Crippen molar-refractivity contribution in [2.75, 3.05) is 11.9 Å². The molecule has 2 aromatic carbocycles. The van der Waals surface area contributed by atoms with Gasteiger partial charge < -0.3 is 10.4 Å². The summed E-state index contributed by atoms with van der Waals surface area (Å²) in [6, 6.07) is 7.40. The fourth-order valence-electron chi connectivity index (χ4n) is 2.08. The van der Waals surface area contributed by atoms with E-state index in [4.69, 9.17) is 4.84 Å². The molecule has 0 radical (unpaired) electrons. The second-order valence-corrected chi connectivity index (χ2v) is 7.45. The molecule has 0 aliphatic rings. The van der Waals surface area contributed by atoms with Crippen LogP contribution in [0, 0.1) is 22.1 Å². The predicted molar refractivity (Wildman–Crippen MR) is 106 cm³/mol. The molecule has 1 atom stereocenters. The molecular formula is C17H16BrF2IN2O3. The van der Waals surface area contributed by atoms with E-state index in [9.17, 15) is 18.7 Å². The van der Waals surface area contributed by atoms with Crippen molar-refractivity contribution in [1.82, 2.24) is 4.09 Å². The average Bonchev–Trinajstić information content (AvgIpc) is 2.58. The second-order valence-electron chi connectivity index (χ2n) is 5.56. The van der Waals surface area contributed by atoms with Crippen LogP contribution in [0.25, 0.3) is 0 Å². The molecule has 5 nitrogen and oxygen atoms in total. The smallest absolute Gasteiger partial charge is 0.290 e. The number of nitrogens with one attached hydrogen (secondary N) is 1. The minimum atomic E-state index is -1.18. The molecule has 2 aromatic rings. The number of carbonyl (C=O) groups excluding carboxylic acids is 1. The molecule has 0 aliphatic heterocycles. The Balaban J connectivity index is 2.38. The van der Waals surface area contributed by atoms with Gasteiger partial charge in [-0.3, -0.25) is 9.63 Å². The molecule has 2 rings (SSSR count). The summed E-state index contributed by atoms with van der Waals surface area (Å²) in [5.41, 5.74) is 0.906. The number of hydrogen-bond acceptors (Lipinski definition) is 4. The number of amides is 1. The molecule has 0 heterocycles. The maximum Gasteiger partial charge on any atom is 0.290 e. The van der Waals surface area contributed by atoms with E-state index in [-0.39, 0.29) is 17.9 Å². The van der Waals surface area contributed by atoms with Gasteiger partial charge >= 0.3 is 0 Å². The number of aliphatic hydroxyl groups excluding tert-OH is 1. The van der Waals surface area contributed by atoms with Crippen LogP contribution in [0.5, 0.6) is 0 Å². The summed E-state index contributed by atoms with van der Waals surface area (Å²) in [4.78, 5) is 17.6. The summed E-state index contributed by atoms with van der Waals surface area (Å²) in [7, 11) is 0. The summed E-state index contributed by atoms with van der Waals surface area (Å²) in [6.07, 6.45) is -0.806. The minimum absolute atomic E-state index is 0.135. The van der Waals surface area contributed by atoms with Crippen LogP contribution in [0.4, 0.5) is 20.2 Å². The highest BCUT2D eigenvalue weighted by Crippen LogP contribution is 2.30. The molecular weight excluding hydrogens is 525 g/mol. The van der Waals surface area contributed by atoms with Crippen LogP contribution >= 0.6 is 38.7 Å². The van der Waals surface area contributed by atoms with Crippen molar-refractivity contribution in [3.8, 4) is 0 Å². The van der Waals surface area contributed by atoms with Crippen molar-refractivity contribution in [1.29, 1.82) is 0 Å². The molecule has 26 heavy (non-hydrogen) atoms. The number of nitrogens with zero attached hydrogens (tertiary/aromatic N) is 1. The minimum Gasteiger partial charge on any atom is -0.391 e. The number of anilines is 2. The highest BCUT2D eigenvalue weighted by Gasteiger charge is 2.24. The van der Waals surface area contributed by atoms with E-state index in [0.717, 1.165) is 21.3 Å². The molecule has 1 amide bonds. The molecule has 0 spiro atoms. The van der Waals surface area contributed by atoms with Crippen molar-refractivity contribution in [2.24, 2.45) is 0 Å². The lowest BCUT2D eigenvalue weighted by Gasteiger charge is -2.19. The van der Waals surface area contributed by atoms with Crippen molar-refractivity contribution in [3.63, 3.8) is 0 Å². The molecule has 2 N–H and O–H groups in total. The third kappa shape index (κ3) is 5.12. The molecule has 0 aliphatic carbocycles. The van der Waals surface area contributed by atoms with Gasteiger partial charge in [0.2, 0.25) is 0 Å². The monoisotopic (exact) mass is 540 g/mol. The van der Waals surface area contributed by atoms with Crippen molar-refractivity contribution in [2.45, 2.75) is 20.0 Å². The summed E-state index contributed by atoms with van der Waals surface area (Å²) in [6.45, 7) is 3.14. The van der Waals surface area contributed by atoms with Gasteiger partial charge in [0.1, 0.15) is 6.61 Å². The van der Waals surface area contributed by atoms with E-state index in [1.54, 1.807) is 12.1 Å². The number of hydroxylamine groups is 1. The van der Waals surface area contributed by atoms with E-state index in [0.29, 0.717) is 9.78 Å². The van der Waals surface area contributed by atoms with Gasteiger partial charge in [0.05, 0.1) is 33.5 Å². The molecule has 0 fully saturated rings. The number of benzene rings is 2. The molecule has 0 saturated heterocycles. The Labute approximate surface area is 171 Å². The first-order valence-corrected chi connectivity index (χ1v) is 9.32. The van der Waals surface area contributed by atoms with Gasteiger partial charge in [-0.05, 0) is 72.3 Å². The Hall–Kier alpha value is -1.30. The fraction of sp³-hybridized carbons (Fsp3) is 0.235. The first-order chi connectivity index (χ1) is 12.2. The number of carbonyl (C=O) groups is 1. The summed E-state index contributed by atoms with van der Waals surface area (Å²) < 4.78 is 29.8. The average molecular weight is 541 g/mol.